The zero-order valence-corrected chi connectivity index (χ0v) is 4.10. The molecule has 0 amide bonds. The molecule has 0 aromatic carbocycles. The average Bonchev–Trinajstić information content (AvgIpc) is 1.69. The fraction of sp³-hybridized carbons (Fsp3) is 0.400. The van der Waals surface area contributed by atoms with Crippen molar-refractivity contribution in [3.63, 3.8) is 0 Å². The zero-order chi connectivity index (χ0) is 6.57. The molecule has 1 N–H and O–H groups in total. The number of aliphatic hydroxyl groups excluding tert-OH is 1. The van der Waals surface area contributed by atoms with Gasteiger partial charge in [-0.05, 0) is 13.8 Å². The summed E-state index contributed by atoms with van der Waals surface area (Å²) in [4.78, 5) is 0. The van der Waals surface area contributed by atoms with Crippen LogP contribution >= 0.6 is 0 Å². The molecule has 0 heterocycles. The van der Waals surface area contributed by atoms with Crippen molar-refractivity contribution < 1.29 is 6.48 Å². The molecule has 0 spiro atoms. The fourth-order valence-electron chi connectivity index (χ4n) is 0.0809. The molecule has 0 unspecified atom stereocenters. The number of rotatable bonds is 0. The van der Waals surface area contributed by atoms with Gasteiger partial charge in [0.2, 0.25) is 0 Å². The molecule has 2 nitrogen and oxygen atoms in total. The summed E-state index contributed by atoms with van der Waals surface area (Å²) in [5.41, 5.74) is 0.130. The topological polar surface area (TPSA) is 44.0 Å². The van der Waals surface area contributed by atoms with Crippen LogP contribution in [0.25, 0.3) is 0 Å². The van der Waals surface area contributed by atoms with E-state index >= 15 is 0 Å². The van der Waals surface area contributed by atoms with Gasteiger partial charge in [-0.3, -0.25) is 0 Å². The van der Waals surface area contributed by atoms with Crippen LogP contribution in [0.4, 0.5) is 0 Å². The Morgan fingerprint density at radius 2 is 2.57 bits per heavy atom. The first-order chi connectivity index (χ1) is 3.72. The maximum atomic E-state index is 8.55. The van der Waals surface area contributed by atoms with E-state index in [0.717, 1.165) is 0 Å². The van der Waals surface area contributed by atoms with Gasteiger partial charge in [-0.15, -0.1) is 0 Å². The molecule has 0 fully saturated rings. The van der Waals surface area contributed by atoms with Gasteiger partial charge in [-0.25, -0.2) is 0 Å². The first-order valence-electron chi connectivity index (χ1n) is 2.51. The summed E-state index contributed by atoms with van der Waals surface area (Å²) in [6.07, 6.45) is 0. The van der Waals surface area contributed by atoms with E-state index in [0.29, 0.717) is 0 Å². The highest BCUT2D eigenvalue weighted by atomic mass is 16.3. The zero-order valence-electron chi connectivity index (χ0n) is 5.10. The van der Waals surface area contributed by atoms with Crippen molar-refractivity contribution in [1.82, 2.24) is 0 Å². The lowest BCUT2D eigenvalue weighted by molar-refractivity contribution is 0.409. The van der Waals surface area contributed by atoms with Crippen LogP contribution in [-0.4, -0.2) is 5.11 Å². The highest BCUT2D eigenvalue weighted by Gasteiger charge is 1.86. The van der Waals surface area contributed by atoms with E-state index in [1.807, 2.05) is 0 Å². The largest absolute Gasteiger partial charge is 0.512 e. The molecular weight excluding hydrogens is 90.1 g/mol. The molecule has 0 atom stereocenters. The van der Waals surface area contributed by atoms with Crippen molar-refractivity contribution in [3.05, 3.63) is 11.3 Å². The van der Waals surface area contributed by atoms with Gasteiger partial charge in [0.05, 0.1) is 11.6 Å². The summed E-state index contributed by atoms with van der Waals surface area (Å²) in [5.74, 6) is -0.0532. The van der Waals surface area contributed by atoms with E-state index < -0.39 is 0 Å². The minimum Gasteiger partial charge on any atom is -0.512 e. The number of hydrogen-bond donors (Lipinski definition) is 1. The summed E-state index contributed by atoms with van der Waals surface area (Å²) in [6.45, 7) is 1.26. The molecule has 38 valence electrons. The molecular formula is C5H7NO. The number of aliphatic hydroxyl groups is 1. The van der Waals surface area contributed by atoms with Crippen molar-refractivity contribution in [3.8, 4) is 6.07 Å². The monoisotopic (exact) mass is 98.1 g/mol. The van der Waals surface area contributed by atoms with Crippen LogP contribution in [0.1, 0.15) is 15.2 Å². The Morgan fingerprint density at radius 3 is 2.57 bits per heavy atom. The van der Waals surface area contributed by atoms with Crippen LogP contribution in [0.2, 0.25) is 0 Å². The number of nitrogens with zero attached hydrogens (tertiary/aromatic N) is 1. The van der Waals surface area contributed by atoms with Crippen LogP contribution in [0.5, 0.6) is 0 Å². The first-order valence-corrected chi connectivity index (χ1v) is 1.80. The minimum absolute atomic E-state index is 0.0532. The fourth-order valence-corrected chi connectivity index (χ4v) is 0.0809. The second-order valence-electron chi connectivity index (χ2n) is 1.18. The lowest BCUT2D eigenvalue weighted by Crippen LogP contribution is -1.74. The lowest BCUT2D eigenvalue weighted by Gasteiger charge is -1.84. The normalized spacial score (nSPS) is 14.0. The van der Waals surface area contributed by atoms with Crippen LogP contribution in [0.15, 0.2) is 11.3 Å². The third kappa shape index (κ3) is 1.83. The molecule has 2 heteroatoms. The molecule has 0 saturated heterocycles. The Bertz CT molecular complexity index is 141. The van der Waals surface area contributed by atoms with Crippen LogP contribution < -0.4 is 0 Å². The van der Waals surface area contributed by atoms with E-state index in [4.69, 9.17) is 11.7 Å². The summed E-state index contributed by atoms with van der Waals surface area (Å²) >= 11 is 0. The maximum absolute atomic E-state index is 8.55. The van der Waals surface area contributed by atoms with Crippen LogP contribution in [0.3, 0.4) is 0 Å². The Hall–Kier alpha value is -0.970. The molecule has 7 heavy (non-hydrogen) atoms. The molecule has 0 bridgehead atoms. The molecule has 0 aromatic heterocycles. The average molecular weight is 98.1 g/mol. The SMILES string of the molecule is [2H]C/C(C#N)=C(\C)O. The summed E-state index contributed by atoms with van der Waals surface area (Å²) < 4.78 is 6.65. The van der Waals surface area contributed by atoms with Crippen molar-refractivity contribution in [2.45, 2.75) is 13.8 Å². The predicted molar refractivity (Wildman–Crippen MR) is 26.6 cm³/mol. The van der Waals surface area contributed by atoms with Crippen molar-refractivity contribution in [2.75, 3.05) is 0 Å². The highest BCUT2D eigenvalue weighted by molar-refractivity contribution is 5.19. The highest BCUT2D eigenvalue weighted by Crippen LogP contribution is 1.94. The summed E-state index contributed by atoms with van der Waals surface area (Å²) in [7, 11) is 0. The predicted octanol–water partition coefficient (Wildman–Crippen LogP) is 1.36. The molecule has 0 saturated carbocycles. The van der Waals surface area contributed by atoms with Gasteiger partial charge in [0.25, 0.3) is 0 Å². The maximum Gasteiger partial charge on any atom is 0.102 e. The van der Waals surface area contributed by atoms with E-state index in [1.165, 1.54) is 6.92 Å². The molecule has 0 aliphatic heterocycles. The third-order valence-electron chi connectivity index (χ3n) is 0.572. The standard InChI is InChI=1S/C5H7NO/c1-4(3-6)5(2)7/h7H,1-2H3/b5-4-/i1D. The van der Waals surface area contributed by atoms with Crippen molar-refractivity contribution >= 4 is 0 Å². The minimum atomic E-state index is -0.140. The summed E-state index contributed by atoms with van der Waals surface area (Å²) in [6, 6.07) is 1.69. The van der Waals surface area contributed by atoms with E-state index in [2.05, 4.69) is 0 Å². The van der Waals surface area contributed by atoms with Gasteiger partial charge >= 0.3 is 0 Å². The second kappa shape index (κ2) is 2.25. The smallest absolute Gasteiger partial charge is 0.102 e. The molecule has 0 radical (unpaired) electrons. The van der Waals surface area contributed by atoms with Gasteiger partial charge in [-0.1, -0.05) is 0 Å². The van der Waals surface area contributed by atoms with Gasteiger partial charge < -0.3 is 5.11 Å². The van der Waals surface area contributed by atoms with Crippen molar-refractivity contribution in [2.24, 2.45) is 0 Å². The van der Waals surface area contributed by atoms with Crippen LogP contribution in [-0.2, 0) is 0 Å². The molecule has 0 rings (SSSR count). The Kier molecular flexibility index (Phi) is 1.35. The molecule has 0 aromatic rings. The Balaban J connectivity index is 4.15. The Morgan fingerprint density at radius 1 is 2.00 bits per heavy atom. The molecule has 0 aliphatic carbocycles. The first kappa shape index (κ1) is 4.20. The third-order valence-corrected chi connectivity index (χ3v) is 0.572. The number of hydrogen-bond acceptors (Lipinski definition) is 2. The van der Waals surface area contributed by atoms with Gasteiger partial charge in [0.15, 0.2) is 0 Å². The Labute approximate surface area is 44.1 Å². The van der Waals surface area contributed by atoms with E-state index in [1.54, 1.807) is 6.07 Å². The number of nitriles is 1. The lowest BCUT2D eigenvalue weighted by atomic mass is 10.3. The van der Waals surface area contributed by atoms with E-state index in [9.17, 15) is 0 Å². The number of allylic oxidation sites excluding steroid dienone is 2. The molecule has 0 aliphatic rings. The second-order valence-corrected chi connectivity index (χ2v) is 1.18. The van der Waals surface area contributed by atoms with E-state index in [-0.39, 0.29) is 18.2 Å². The summed E-state index contributed by atoms with van der Waals surface area (Å²) in [5, 5.41) is 16.7. The van der Waals surface area contributed by atoms with Crippen molar-refractivity contribution in [1.29, 1.82) is 5.26 Å². The van der Waals surface area contributed by atoms with Gasteiger partial charge in [0.1, 0.15) is 5.76 Å². The quantitative estimate of drug-likeness (QED) is 0.367. The van der Waals surface area contributed by atoms with Gasteiger partial charge in [0, 0.05) is 1.37 Å². The van der Waals surface area contributed by atoms with Gasteiger partial charge in [-0.2, -0.15) is 5.26 Å². The van der Waals surface area contributed by atoms with Crippen LogP contribution in [0, 0.1) is 11.3 Å².